The molecule has 98 valence electrons. The van der Waals surface area contributed by atoms with Crippen molar-refractivity contribution in [1.82, 2.24) is 14.8 Å². The summed E-state index contributed by atoms with van der Waals surface area (Å²) in [5.74, 6) is -5.03. The molecular formula is C7H8F6N4. The zero-order chi connectivity index (χ0) is 13.4. The van der Waals surface area contributed by atoms with E-state index in [0.717, 1.165) is 7.05 Å². The molecular weight excluding hydrogens is 254 g/mol. The molecule has 0 unspecified atom stereocenters. The third kappa shape index (κ3) is 2.61. The van der Waals surface area contributed by atoms with Gasteiger partial charge in [0.15, 0.2) is 5.82 Å². The molecule has 10 heteroatoms. The van der Waals surface area contributed by atoms with Gasteiger partial charge in [0.05, 0.1) is 0 Å². The van der Waals surface area contributed by atoms with Gasteiger partial charge in [-0.2, -0.15) is 26.3 Å². The van der Waals surface area contributed by atoms with Crippen molar-refractivity contribution < 1.29 is 26.3 Å². The monoisotopic (exact) mass is 262 g/mol. The summed E-state index contributed by atoms with van der Waals surface area (Å²) in [4.78, 5) is 0. The summed E-state index contributed by atoms with van der Waals surface area (Å²) in [7, 11) is 2.33. The summed E-state index contributed by atoms with van der Waals surface area (Å²) in [6.07, 6.45) is -10.9. The maximum atomic E-state index is 12.4. The van der Waals surface area contributed by atoms with Crippen molar-refractivity contribution in [2.24, 2.45) is 7.05 Å². The lowest BCUT2D eigenvalue weighted by Gasteiger charge is -2.21. The molecule has 0 amide bonds. The molecule has 0 aliphatic carbocycles. The molecule has 1 aromatic heterocycles. The van der Waals surface area contributed by atoms with Crippen molar-refractivity contribution in [2.45, 2.75) is 18.3 Å². The fourth-order valence-corrected chi connectivity index (χ4v) is 1.29. The van der Waals surface area contributed by atoms with Crippen LogP contribution in [0.1, 0.15) is 11.7 Å². The number of nitrogens with one attached hydrogen (secondary N) is 1. The van der Waals surface area contributed by atoms with E-state index in [0.29, 0.717) is 4.57 Å². The third-order valence-corrected chi connectivity index (χ3v) is 2.04. The minimum Gasteiger partial charge on any atom is -0.357 e. The maximum Gasteiger partial charge on any atom is 0.407 e. The predicted molar refractivity (Wildman–Crippen MR) is 45.4 cm³/mol. The Morgan fingerprint density at radius 2 is 1.53 bits per heavy atom. The van der Waals surface area contributed by atoms with E-state index < -0.39 is 24.1 Å². The Morgan fingerprint density at radius 3 is 1.82 bits per heavy atom. The Hall–Kier alpha value is -1.48. The SMILES string of the molecule is CNc1nnc(C(C(F)(F)F)C(F)(F)F)n1C. The number of hydrogen-bond acceptors (Lipinski definition) is 3. The summed E-state index contributed by atoms with van der Waals surface area (Å²) in [6, 6.07) is 0. The van der Waals surface area contributed by atoms with Gasteiger partial charge in [0.1, 0.15) is 0 Å². The molecule has 0 radical (unpaired) electrons. The van der Waals surface area contributed by atoms with Crippen LogP contribution in [0.15, 0.2) is 0 Å². The summed E-state index contributed by atoms with van der Waals surface area (Å²) >= 11 is 0. The van der Waals surface area contributed by atoms with Crippen LogP contribution in [0.3, 0.4) is 0 Å². The highest BCUT2D eigenvalue weighted by atomic mass is 19.4. The number of aromatic nitrogens is 3. The zero-order valence-electron chi connectivity index (χ0n) is 8.69. The number of hydrogen-bond donors (Lipinski definition) is 1. The lowest BCUT2D eigenvalue weighted by Crippen LogP contribution is -2.36. The third-order valence-electron chi connectivity index (χ3n) is 2.04. The first-order valence-corrected chi connectivity index (χ1v) is 4.29. The first-order chi connectivity index (χ1) is 7.59. The van der Waals surface area contributed by atoms with E-state index in [4.69, 9.17) is 0 Å². The molecule has 1 N–H and O–H groups in total. The minimum absolute atomic E-state index is 0.182. The lowest BCUT2D eigenvalue weighted by molar-refractivity contribution is -0.256. The Balaban J connectivity index is 3.29. The summed E-state index contributed by atoms with van der Waals surface area (Å²) in [5, 5.41) is 8.44. The highest BCUT2D eigenvalue weighted by molar-refractivity contribution is 5.25. The molecule has 1 rings (SSSR count). The second-order valence-electron chi connectivity index (χ2n) is 3.21. The molecule has 1 heterocycles. The van der Waals surface area contributed by atoms with Gasteiger partial charge < -0.3 is 5.32 Å². The summed E-state index contributed by atoms with van der Waals surface area (Å²) in [5.41, 5.74) is 0. The molecule has 0 saturated heterocycles. The van der Waals surface area contributed by atoms with Gasteiger partial charge in [-0.3, -0.25) is 4.57 Å². The van der Waals surface area contributed by atoms with Gasteiger partial charge in [0.25, 0.3) is 0 Å². The van der Waals surface area contributed by atoms with Crippen molar-refractivity contribution in [3.05, 3.63) is 5.82 Å². The number of halogens is 6. The summed E-state index contributed by atoms with van der Waals surface area (Å²) in [6.45, 7) is 0. The normalized spacial score (nSPS) is 13.2. The van der Waals surface area contributed by atoms with Gasteiger partial charge in [0, 0.05) is 14.1 Å². The first kappa shape index (κ1) is 13.6. The molecule has 0 fully saturated rings. The van der Waals surface area contributed by atoms with Gasteiger partial charge >= 0.3 is 12.4 Å². The Morgan fingerprint density at radius 1 is 1.06 bits per heavy atom. The Kier molecular flexibility index (Phi) is 3.26. The molecule has 0 aliphatic rings. The quantitative estimate of drug-likeness (QED) is 0.829. The number of rotatable bonds is 2. The zero-order valence-corrected chi connectivity index (χ0v) is 8.69. The van der Waals surface area contributed by atoms with E-state index in [9.17, 15) is 26.3 Å². The van der Waals surface area contributed by atoms with E-state index in [1.165, 1.54) is 7.05 Å². The molecule has 0 bridgehead atoms. The first-order valence-electron chi connectivity index (χ1n) is 4.29. The van der Waals surface area contributed by atoms with Crippen LogP contribution in [0, 0.1) is 0 Å². The highest BCUT2D eigenvalue weighted by Gasteiger charge is 2.60. The molecule has 0 atom stereocenters. The van der Waals surface area contributed by atoms with Crippen molar-refractivity contribution in [1.29, 1.82) is 0 Å². The van der Waals surface area contributed by atoms with Crippen molar-refractivity contribution in [3.8, 4) is 0 Å². The Labute approximate surface area is 91.6 Å². The van der Waals surface area contributed by atoms with E-state index in [1.807, 2.05) is 0 Å². The van der Waals surface area contributed by atoms with Gasteiger partial charge in [-0.15, -0.1) is 10.2 Å². The highest BCUT2D eigenvalue weighted by Crippen LogP contribution is 2.45. The molecule has 0 aliphatic heterocycles. The van der Waals surface area contributed by atoms with Gasteiger partial charge in [-0.1, -0.05) is 0 Å². The minimum atomic E-state index is -5.47. The largest absolute Gasteiger partial charge is 0.407 e. The fourth-order valence-electron chi connectivity index (χ4n) is 1.29. The van der Waals surface area contributed by atoms with Crippen LogP contribution in [-0.4, -0.2) is 34.2 Å². The standard InChI is InChI=1S/C7H8F6N4/c1-14-5-16-15-4(17(5)2)3(6(8,9)10)7(11,12)13/h3H,1-2H3,(H,14,16). The van der Waals surface area contributed by atoms with E-state index in [2.05, 4.69) is 15.5 Å². The Bertz CT molecular complexity index is 378. The predicted octanol–water partition coefficient (Wildman–Crippen LogP) is 2.06. The van der Waals surface area contributed by atoms with E-state index in [-0.39, 0.29) is 5.95 Å². The van der Waals surface area contributed by atoms with Gasteiger partial charge in [-0.25, -0.2) is 0 Å². The van der Waals surface area contributed by atoms with E-state index in [1.54, 1.807) is 0 Å². The topological polar surface area (TPSA) is 42.7 Å². The van der Waals surface area contributed by atoms with Crippen molar-refractivity contribution in [2.75, 3.05) is 12.4 Å². The number of anilines is 1. The van der Waals surface area contributed by atoms with Crippen molar-refractivity contribution >= 4 is 5.95 Å². The van der Waals surface area contributed by atoms with Crippen LogP contribution in [0.5, 0.6) is 0 Å². The van der Waals surface area contributed by atoms with Crippen LogP contribution in [0.25, 0.3) is 0 Å². The summed E-state index contributed by atoms with van der Waals surface area (Å²) < 4.78 is 74.9. The molecule has 0 spiro atoms. The lowest BCUT2D eigenvalue weighted by atomic mass is 10.1. The molecule has 17 heavy (non-hydrogen) atoms. The van der Waals surface area contributed by atoms with Gasteiger partial charge in [0.2, 0.25) is 11.9 Å². The average Bonchev–Trinajstić information content (AvgIpc) is 2.43. The van der Waals surface area contributed by atoms with Crippen molar-refractivity contribution in [3.63, 3.8) is 0 Å². The maximum absolute atomic E-state index is 12.4. The fraction of sp³-hybridized carbons (Fsp3) is 0.714. The smallest absolute Gasteiger partial charge is 0.357 e. The molecule has 0 aromatic carbocycles. The molecule has 4 nitrogen and oxygen atoms in total. The average molecular weight is 262 g/mol. The van der Waals surface area contributed by atoms with Crippen LogP contribution in [0.4, 0.5) is 32.3 Å². The van der Waals surface area contributed by atoms with Crippen LogP contribution < -0.4 is 5.32 Å². The number of alkyl halides is 6. The molecule has 0 saturated carbocycles. The van der Waals surface area contributed by atoms with Crippen LogP contribution >= 0.6 is 0 Å². The van der Waals surface area contributed by atoms with E-state index >= 15 is 0 Å². The second-order valence-corrected chi connectivity index (χ2v) is 3.21. The van der Waals surface area contributed by atoms with Crippen LogP contribution in [0.2, 0.25) is 0 Å². The van der Waals surface area contributed by atoms with Crippen LogP contribution in [-0.2, 0) is 7.05 Å². The second kappa shape index (κ2) is 4.08. The van der Waals surface area contributed by atoms with Gasteiger partial charge in [-0.05, 0) is 0 Å². The number of nitrogens with zero attached hydrogens (tertiary/aromatic N) is 3. The molecule has 1 aromatic rings.